The average Bonchev–Trinajstić information content (AvgIpc) is 2.37. The van der Waals surface area contributed by atoms with Crippen molar-refractivity contribution in [3.63, 3.8) is 0 Å². The van der Waals surface area contributed by atoms with Gasteiger partial charge < -0.3 is 4.74 Å². The third-order valence-corrected chi connectivity index (χ3v) is 2.97. The molecule has 0 bridgehead atoms. The molecule has 1 unspecified atom stereocenters. The van der Waals surface area contributed by atoms with Crippen LogP contribution in [-0.4, -0.2) is 18.6 Å². The minimum absolute atomic E-state index is 0.174. The number of hydrogen-bond acceptors (Lipinski definition) is 3. The van der Waals surface area contributed by atoms with Gasteiger partial charge in [0.05, 0.1) is 7.11 Å². The minimum atomic E-state index is -0.174. The molecule has 108 valence electrons. The Kier molecular flexibility index (Phi) is 8.84. The maximum Gasteiger partial charge on any atom is 0.213 e. The second-order valence-electron chi connectivity index (χ2n) is 4.80. The summed E-state index contributed by atoms with van der Waals surface area (Å²) in [7, 11) is 1.58. The van der Waals surface area contributed by atoms with Gasteiger partial charge in [-0.25, -0.2) is 4.99 Å². The number of hydrogen-bond donors (Lipinski definition) is 0. The van der Waals surface area contributed by atoms with Gasteiger partial charge in [-0.15, -0.1) is 0 Å². The molecule has 0 fully saturated rings. The molecule has 0 N–H and O–H groups in total. The van der Waals surface area contributed by atoms with E-state index in [0.29, 0.717) is 12.3 Å². The van der Waals surface area contributed by atoms with E-state index in [4.69, 9.17) is 4.74 Å². The Morgan fingerprint density at radius 1 is 1.32 bits per heavy atom. The largest absolute Gasteiger partial charge is 0.481 e. The molecule has 0 saturated carbocycles. The predicted octanol–water partition coefficient (Wildman–Crippen LogP) is 4.30. The van der Waals surface area contributed by atoms with Crippen LogP contribution in [0.2, 0.25) is 0 Å². The molecule has 0 amide bonds. The number of ketones is 1. The fourth-order valence-electron chi connectivity index (χ4n) is 1.70. The molecule has 3 nitrogen and oxygen atoms in total. The van der Waals surface area contributed by atoms with Gasteiger partial charge in [-0.05, 0) is 25.3 Å². The van der Waals surface area contributed by atoms with Gasteiger partial charge in [-0.2, -0.15) is 0 Å². The molecule has 0 aliphatic rings. The van der Waals surface area contributed by atoms with E-state index in [0.717, 1.165) is 30.5 Å². The Morgan fingerprint density at radius 2 is 1.89 bits per heavy atom. The first-order valence-electron chi connectivity index (χ1n) is 6.97. The first-order valence-corrected chi connectivity index (χ1v) is 6.97. The standard InChI is InChI=1S/C16H27NO2/c1-7-9-13(4)17-16(19-6)11-12(3)14(5)15(18)10-8-2/h11,14H,3,7-10H2,1-2,4-6H3/b16-11+,17-13-. The maximum absolute atomic E-state index is 11.8. The molecule has 0 aromatic carbocycles. The average molecular weight is 265 g/mol. The Morgan fingerprint density at radius 3 is 2.37 bits per heavy atom. The Bertz CT molecular complexity index is 367. The minimum Gasteiger partial charge on any atom is -0.481 e. The van der Waals surface area contributed by atoms with Gasteiger partial charge in [0.1, 0.15) is 5.78 Å². The van der Waals surface area contributed by atoms with Crippen molar-refractivity contribution in [3.05, 3.63) is 24.1 Å². The summed E-state index contributed by atoms with van der Waals surface area (Å²) in [4.78, 5) is 16.2. The number of carbonyl (C=O) groups is 1. The quantitative estimate of drug-likeness (QED) is 0.354. The summed E-state index contributed by atoms with van der Waals surface area (Å²) < 4.78 is 5.23. The SMILES string of the molecule is C=C(/C=C(\N=C(\C)CCC)OC)C(C)C(=O)CCC. The second kappa shape index (κ2) is 9.54. The van der Waals surface area contributed by atoms with Crippen LogP contribution >= 0.6 is 0 Å². The van der Waals surface area contributed by atoms with Crippen molar-refractivity contribution in [2.75, 3.05) is 7.11 Å². The molecule has 0 aliphatic heterocycles. The normalized spacial score (nSPS) is 14.2. The van der Waals surface area contributed by atoms with Crippen molar-refractivity contribution in [1.29, 1.82) is 0 Å². The lowest BCUT2D eigenvalue weighted by Gasteiger charge is -2.11. The molecule has 19 heavy (non-hydrogen) atoms. The Labute approximate surface area is 117 Å². The molecular formula is C16H27NO2. The van der Waals surface area contributed by atoms with Crippen molar-refractivity contribution in [2.24, 2.45) is 10.9 Å². The van der Waals surface area contributed by atoms with E-state index in [1.54, 1.807) is 13.2 Å². The fourth-order valence-corrected chi connectivity index (χ4v) is 1.70. The molecule has 0 heterocycles. The summed E-state index contributed by atoms with van der Waals surface area (Å²) in [6.45, 7) is 11.9. The highest BCUT2D eigenvalue weighted by Crippen LogP contribution is 2.16. The Balaban J connectivity index is 4.82. The van der Waals surface area contributed by atoms with Gasteiger partial charge in [0.25, 0.3) is 0 Å². The van der Waals surface area contributed by atoms with Crippen molar-refractivity contribution in [3.8, 4) is 0 Å². The van der Waals surface area contributed by atoms with Crippen molar-refractivity contribution < 1.29 is 9.53 Å². The molecule has 0 aromatic rings. The topological polar surface area (TPSA) is 38.7 Å². The summed E-state index contributed by atoms with van der Waals surface area (Å²) in [6, 6.07) is 0. The maximum atomic E-state index is 11.8. The molecule has 0 radical (unpaired) electrons. The summed E-state index contributed by atoms with van der Waals surface area (Å²) in [5, 5.41) is 0. The van der Waals surface area contributed by atoms with E-state index in [2.05, 4.69) is 18.5 Å². The molecule has 0 aromatic heterocycles. The lowest BCUT2D eigenvalue weighted by Crippen LogP contribution is -2.11. The monoisotopic (exact) mass is 265 g/mol. The molecule has 1 atom stereocenters. The summed E-state index contributed by atoms with van der Waals surface area (Å²) in [6.07, 6.45) is 5.22. The lowest BCUT2D eigenvalue weighted by atomic mass is 9.95. The molecular weight excluding hydrogens is 238 g/mol. The number of aliphatic imine (C=N–C) groups is 1. The first-order chi connectivity index (χ1) is 8.96. The second-order valence-corrected chi connectivity index (χ2v) is 4.80. The summed E-state index contributed by atoms with van der Waals surface area (Å²) >= 11 is 0. The molecule has 0 rings (SSSR count). The highest BCUT2D eigenvalue weighted by Gasteiger charge is 2.14. The van der Waals surface area contributed by atoms with Crippen molar-refractivity contribution in [1.82, 2.24) is 0 Å². The number of ether oxygens (including phenoxy) is 1. The van der Waals surface area contributed by atoms with Gasteiger partial charge >= 0.3 is 0 Å². The number of allylic oxidation sites excluding steroid dienone is 2. The zero-order valence-electron chi connectivity index (χ0n) is 13.0. The van der Waals surface area contributed by atoms with Crippen LogP contribution in [0.3, 0.4) is 0 Å². The number of rotatable bonds is 9. The third-order valence-electron chi connectivity index (χ3n) is 2.97. The van der Waals surface area contributed by atoms with E-state index in [1.165, 1.54) is 0 Å². The van der Waals surface area contributed by atoms with Crippen LogP contribution in [0, 0.1) is 5.92 Å². The summed E-state index contributed by atoms with van der Waals surface area (Å²) in [5.41, 5.74) is 1.78. The van der Waals surface area contributed by atoms with Crippen LogP contribution in [0.25, 0.3) is 0 Å². The van der Waals surface area contributed by atoms with E-state index in [9.17, 15) is 4.79 Å². The third kappa shape index (κ3) is 6.94. The van der Waals surface area contributed by atoms with Gasteiger partial charge in [-0.1, -0.05) is 33.8 Å². The predicted molar refractivity (Wildman–Crippen MR) is 81.3 cm³/mol. The molecule has 0 spiro atoms. The van der Waals surface area contributed by atoms with Crippen LogP contribution in [0.1, 0.15) is 53.4 Å². The highest BCUT2D eigenvalue weighted by molar-refractivity contribution is 5.84. The van der Waals surface area contributed by atoms with Crippen molar-refractivity contribution >= 4 is 11.5 Å². The van der Waals surface area contributed by atoms with E-state index in [-0.39, 0.29) is 11.7 Å². The van der Waals surface area contributed by atoms with E-state index < -0.39 is 0 Å². The highest BCUT2D eigenvalue weighted by atomic mass is 16.5. The number of carbonyl (C=O) groups excluding carboxylic acids is 1. The van der Waals surface area contributed by atoms with Gasteiger partial charge in [-0.3, -0.25) is 4.79 Å². The van der Waals surface area contributed by atoms with Crippen LogP contribution in [0.4, 0.5) is 0 Å². The van der Waals surface area contributed by atoms with Crippen molar-refractivity contribution in [2.45, 2.75) is 53.4 Å². The smallest absolute Gasteiger partial charge is 0.213 e. The first kappa shape index (κ1) is 17.6. The number of nitrogens with zero attached hydrogens (tertiary/aromatic N) is 1. The molecule has 0 saturated heterocycles. The summed E-state index contributed by atoms with van der Waals surface area (Å²) in [5.74, 6) is 0.562. The van der Waals surface area contributed by atoms with Gasteiger partial charge in [0.15, 0.2) is 0 Å². The number of methoxy groups -OCH3 is 1. The van der Waals surface area contributed by atoms with Crippen LogP contribution in [0.5, 0.6) is 0 Å². The Hall–Kier alpha value is -1.38. The van der Waals surface area contributed by atoms with E-state index in [1.807, 2.05) is 20.8 Å². The molecule has 0 aliphatic carbocycles. The zero-order chi connectivity index (χ0) is 14.8. The van der Waals surface area contributed by atoms with Crippen LogP contribution < -0.4 is 0 Å². The fraction of sp³-hybridized carbons (Fsp3) is 0.625. The van der Waals surface area contributed by atoms with Gasteiger partial charge in [0.2, 0.25) is 5.88 Å². The van der Waals surface area contributed by atoms with Gasteiger partial charge in [0, 0.05) is 24.1 Å². The van der Waals surface area contributed by atoms with E-state index >= 15 is 0 Å². The molecule has 3 heteroatoms. The lowest BCUT2D eigenvalue weighted by molar-refractivity contribution is -0.121. The van der Waals surface area contributed by atoms with Crippen LogP contribution in [-0.2, 0) is 9.53 Å². The zero-order valence-corrected chi connectivity index (χ0v) is 13.0. The number of Topliss-reactive ketones (excluding diaryl/α,β-unsaturated/α-hetero) is 1. The van der Waals surface area contributed by atoms with Crippen LogP contribution in [0.15, 0.2) is 29.1 Å².